The molecule has 0 bridgehead atoms. The van der Waals surface area contributed by atoms with Crippen molar-refractivity contribution >= 4 is 11.8 Å². The predicted octanol–water partition coefficient (Wildman–Crippen LogP) is 4.42. The summed E-state index contributed by atoms with van der Waals surface area (Å²) in [4.78, 5) is 39.9. The molecule has 1 saturated heterocycles. The number of carbonyl (C=O) groups excluding carboxylic acids is 2. The molecule has 2 amide bonds. The zero-order chi connectivity index (χ0) is 40.0. The van der Waals surface area contributed by atoms with Crippen LogP contribution in [0.25, 0.3) is 11.3 Å². The third kappa shape index (κ3) is 9.93. The van der Waals surface area contributed by atoms with Crippen molar-refractivity contribution in [1.29, 1.82) is 0 Å². The number of hydrogen-bond donors (Lipinski definition) is 4. The molecule has 2 aromatic heterocycles. The maximum absolute atomic E-state index is 14.0. The van der Waals surface area contributed by atoms with E-state index < -0.39 is 54.4 Å². The van der Waals surface area contributed by atoms with Gasteiger partial charge in [-0.3, -0.25) is 24.4 Å². The minimum absolute atomic E-state index is 0.00400. The van der Waals surface area contributed by atoms with Crippen LogP contribution in [0.3, 0.4) is 0 Å². The minimum atomic E-state index is -4.62. The Morgan fingerprint density at radius 1 is 1.02 bits per heavy atom. The molecule has 0 saturated carbocycles. The van der Waals surface area contributed by atoms with E-state index in [2.05, 4.69) is 15.3 Å². The van der Waals surface area contributed by atoms with Gasteiger partial charge in [-0.1, -0.05) is 55.5 Å². The molecule has 12 nitrogen and oxygen atoms in total. The Morgan fingerprint density at radius 2 is 1.77 bits per heavy atom. The van der Waals surface area contributed by atoms with Crippen LogP contribution in [0, 0.1) is 5.92 Å². The van der Waals surface area contributed by atoms with E-state index >= 15 is 0 Å². The number of amides is 2. The van der Waals surface area contributed by atoms with Gasteiger partial charge in [0.15, 0.2) is 5.76 Å². The molecular weight excluding hydrogens is 729 g/mol. The van der Waals surface area contributed by atoms with E-state index in [9.17, 15) is 33.0 Å². The average Bonchev–Trinajstić information content (AvgIpc) is 3.70. The number of alkyl halides is 3. The summed E-state index contributed by atoms with van der Waals surface area (Å²) in [5, 5.41) is 27.4. The number of nitrogens with one attached hydrogen (secondary N) is 2. The molecule has 4 heterocycles. The fourth-order valence-corrected chi connectivity index (χ4v) is 7.39. The first-order valence-corrected chi connectivity index (χ1v) is 18.9. The Balaban J connectivity index is 1.19. The number of nitrogens with zero attached hydrogens (tertiary/aromatic N) is 4. The van der Waals surface area contributed by atoms with Crippen molar-refractivity contribution in [3.8, 4) is 17.1 Å². The van der Waals surface area contributed by atoms with E-state index in [-0.39, 0.29) is 45.0 Å². The predicted molar refractivity (Wildman–Crippen MR) is 201 cm³/mol. The van der Waals surface area contributed by atoms with E-state index in [1.54, 1.807) is 47.8 Å². The van der Waals surface area contributed by atoms with Crippen molar-refractivity contribution in [2.75, 3.05) is 39.3 Å². The Bertz CT molecular complexity index is 1940. The van der Waals surface area contributed by atoms with Crippen LogP contribution in [-0.4, -0.2) is 106 Å². The molecule has 300 valence electrons. The first-order chi connectivity index (χ1) is 26.7. The molecule has 1 fully saturated rings. The van der Waals surface area contributed by atoms with Crippen LogP contribution >= 0.6 is 0 Å². The molecule has 0 radical (unpaired) electrons. The van der Waals surface area contributed by atoms with E-state index in [1.165, 1.54) is 0 Å². The lowest BCUT2D eigenvalue weighted by molar-refractivity contribution is -0.144. The van der Waals surface area contributed by atoms with Crippen LogP contribution in [-0.2, 0) is 28.0 Å². The van der Waals surface area contributed by atoms with Gasteiger partial charge in [0.25, 0.3) is 0 Å². The number of fused-ring (bicyclic) bond motifs is 1. The number of aromatic nitrogens is 2. The molecule has 56 heavy (non-hydrogen) atoms. The van der Waals surface area contributed by atoms with Crippen LogP contribution in [0.5, 0.6) is 5.75 Å². The standard InChI is InChI=1S/C41H49F3N6O6/c1-4-26-16-29(20-45-19-26)35-21-46-39(56-35)40(2,3)50-15-14-49(32(23-50)38(54)47-25-41(42,43)44)22-30(51)18-28(17-27-10-6-5-7-11-27)37(53)48-36-31-12-8-9-13-34(31)55-24-33(36)52/h5-13,16,19-21,28,30,32-33,36,51-52H,4,14-15,17-18,22-25H2,1-3H3,(H,47,54)(H,48,53)/t28-,30+,32+,33-,36+/m1/s1. The Morgan fingerprint density at radius 3 is 2.52 bits per heavy atom. The summed E-state index contributed by atoms with van der Waals surface area (Å²) in [6.45, 7) is 4.80. The fourth-order valence-electron chi connectivity index (χ4n) is 7.39. The fraction of sp³-hybridized carbons (Fsp3) is 0.463. The van der Waals surface area contributed by atoms with Gasteiger partial charge >= 0.3 is 6.18 Å². The van der Waals surface area contributed by atoms with Crippen molar-refractivity contribution in [1.82, 2.24) is 30.4 Å². The summed E-state index contributed by atoms with van der Waals surface area (Å²) < 4.78 is 51.7. The number of carbonyl (C=O) groups is 2. The largest absolute Gasteiger partial charge is 0.490 e. The number of pyridine rings is 1. The minimum Gasteiger partial charge on any atom is -0.490 e. The van der Waals surface area contributed by atoms with Gasteiger partial charge in [-0.15, -0.1) is 0 Å². The van der Waals surface area contributed by atoms with Gasteiger partial charge in [-0.2, -0.15) is 13.2 Å². The van der Waals surface area contributed by atoms with Gasteiger partial charge in [0, 0.05) is 55.6 Å². The molecule has 0 spiro atoms. The monoisotopic (exact) mass is 778 g/mol. The van der Waals surface area contributed by atoms with Crippen LogP contribution in [0.1, 0.15) is 55.8 Å². The van der Waals surface area contributed by atoms with Gasteiger partial charge in [-0.05, 0) is 56.4 Å². The van der Waals surface area contributed by atoms with Crippen molar-refractivity contribution in [2.45, 2.75) is 76.0 Å². The molecule has 0 aliphatic carbocycles. The lowest BCUT2D eigenvalue weighted by atomic mass is 9.90. The molecular formula is C41H49F3N6O6. The quantitative estimate of drug-likeness (QED) is 0.145. The van der Waals surface area contributed by atoms with Gasteiger partial charge in [0.2, 0.25) is 17.7 Å². The summed E-state index contributed by atoms with van der Waals surface area (Å²) >= 11 is 0. The molecule has 2 aliphatic rings. The number of para-hydroxylation sites is 1. The van der Waals surface area contributed by atoms with E-state index in [4.69, 9.17) is 9.15 Å². The molecule has 15 heteroatoms. The van der Waals surface area contributed by atoms with E-state index in [0.29, 0.717) is 29.5 Å². The highest BCUT2D eigenvalue weighted by atomic mass is 19.4. The molecule has 2 aromatic carbocycles. The Labute approximate surface area is 324 Å². The average molecular weight is 779 g/mol. The van der Waals surface area contributed by atoms with Crippen molar-refractivity contribution in [3.05, 3.63) is 102 Å². The summed E-state index contributed by atoms with van der Waals surface area (Å²) in [7, 11) is 0. The second-order valence-electron chi connectivity index (χ2n) is 15.0. The number of aliphatic hydroxyl groups is 2. The first-order valence-electron chi connectivity index (χ1n) is 18.9. The Hall–Kier alpha value is -4.83. The third-order valence-corrected chi connectivity index (χ3v) is 10.6. The SMILES string of the molecule is CCc1cncc(-c2cnc(C(C)(C)N3CCN(C[C@@H](O)C[C@@H](Cc4ccccc4)C(=O)N[C@H]4c5ccccc5OC[C@H]4O)[C@H](C(=O)NCC(F)(F)F)C3)o2)c1. The van der Waals surface area contributed by atoms with Crippen molar-refractivity contribution < 1.29 is 42.1 Å². The highest BCUT2D eigenvalue weighted by Gasteiger charge is 2.43. The molecule has 5 atom stereocenters. The molecule has 4 aromatic rings. The van der Waals surface area contributed by atoms with Crippen LogP contribution in [0.4, 0.5) is 13.2 Å². The van der Waals surface area contributed by atoms with Crippen LogP contribution < -0.4 is 15.4 Å². The highest BCUT2D eigenvalue weighted by molar-refractivity contribution is 5.82. The van der Waals surface area contributed by atoms with Crippen LogP contribution in [0.2, 0.25) is 0 Å². The van der Waals surface area contributed by atoms with Crippen molar-refractivity contribution in [3.63, 3.8) is 0 Å². The zero-order valence-electron chi connectivity index (χ0n) is 31.7. The van der Waals surface area contributed by atoms with Gasteiger partial charge < -0.3 is 30.0 Å². The van der Waals surface area contributed by atoms with Gasteiger partial charge in [0.05, 0.1) is 23.9 Å². The second kappa shape index (κ2) is 17.5. The number of aliphatic hydroxyl groups excluding tert-OH is 2. The maximum atomic E-state index is 14.0. The number of β-amino-alcohol motifs (C(OH)–C–C–N with tert-alkyl or cyclic N) is 1. The number of hydrogen-bond acceptors (Lipinski definition) is 10. The number of ether oxygens (including phenoxy) is 1. The van der Waals surface area contributed by atoms with Gasteiger partial charge in [0.1, 0.15) is 31.0 Å². The molecule has 4 N–H and O–H groups in total. The number of aryl methyl sites for hydroxylation is 1. The second-order valence-corrected chi connectivity index (χ2v) is 15.0. The first kappa shape index (κ1) is 40.8. The summed E-state index contributed by atoms with van der Waals surface area (Å²) in [6, 6.07) is 16.6. The molecule has 2 aliphatic heterocycles. The summed E-state index contributed by atoms with van der Waals surface area (Å²) in [5.74, 6) is -0.536. The normalized spacial score (nSPS) is 20.4. The number of halogens is 3. The van der Waals surface area contributed by atoms with E-state index in [0.717, 1.165) is 23.1 Å². The summed E-state index contributed by atoms with van der Waals surface area (Å²) in [6.07, 6.45) is -0.638. The molecule has 0 unspecified atom stereocenters. The lowest BCUT2D eigenvalue weighted by Gasteiger charge is -2.46. The molecule has 6 rings (SSSR count). The number of benzene rings is 2. The van der Waals surface area contributed by atoms with E-state index in [1.807, 2.05) is 67.4 Å². The third-order valence-electron chi connectivity index (χ3n) is 10.6. The Kier molecular flexibility index (Phi) is 12.8. The zero-order valence-corrected chi connectivity index (χ0v) is 31.7. The summed E-state index contributed by atoms with van der Waals surface area (Å²) in [5.41, 5.74) is 2.41. The number of rotatable bonds is 14. The number of piperazine rings is 1. The van der Waals surface area contributed by atoms with Crippen LogP contribution in [0.15, 0.2) is 83.7 Å². The lowest BCUT2D eigenvalue weighted by Crippen LogP contribution is -2.63. The van der Waals surface area contributed by atoms with Gasteiger partial charge in [-0.25, -0.2) is 4.98 Å². The maximum Gasteiger partial charge on any atom is 0.405 e. The van der Waals surface area contributed by atoms with Crippen molar-refractivity contribution in [2.24, 2.45) is 5.92 Å². The number of oxazole rings is 1. The highest BCUT2D eigenvalue weighted by Crippen LogP contribution is 2.34. The smallest absolute Gasteiger partial charge is 0.405 e. The topological polar surface area (TPSA) is 153 Å².